The summed E-state index contributed by atoms with van der Waals surface area (Å²) in [7, 11) is 0. The number of piperidine rings is 1. The molecule has 1 saturated heterocycles. The lowest BCUT2D eigenvalue weighted by Crippen LogP contribution is -2.46. The standard InChI is InChI=1S/C32H38N4O3/c37-30(35-20-16-26(17-21-35)23-25-11-4-3-5-12-25)24-36-19-8-1-2-9-22-39-29-15-7-6-14-28(29)34-31-27(32(36)38)13-10-18-33-31/h3-7,10-15,18,26H,1-2,8-9,16-17,19-24H2,(H,33,34). The third-order valence-corrected chi connectivity index (χ3v) is 7.71. The van der Waals surface area contributed by atoms with Crippen LogP contribution in [0.25, 0.3) is 0 Å². The summed E-state index contributed by atoms with van der Waals surface area (Å²) in [6.07, 6.45) is 8.48. The molecular formula is C32H38N4O3. The summed E-state index contributed by atoms with van der Waals surface area (Å²) in [5.41, 5.74) is 2.58. The number of ether oxygens (including phenoxy) is 1. The molecule has 39 heavy (non-hydrogen) atoms. The van der Waals surface area contributed by atoms with Crippen molar-refractivity contribution in [3.05, 3.63) is 84.1 Å². The van der Waals surface area contributed by atoms with E-state index in [9.17, 15) is 9.59 Å². The van der Waals surface area contributed by atoms with E-state index in [4.69, 9.17) is 4.74 Å². The first-order valence-corrected chi connectivity index (χ1v) is 14.2. The van der Waals surface area contributed by atoms with Gasteiger partial charge in [0.1, 0.15) is 18.1 Å². The maximum Gasteiger partial charge on any atom is 0.258 e. The van der Waals surface area contributed by atoms with Crippen molar-refractivity contribution in [1.29, 1.82) is 0 Å². The van der Waals surface area contributed by atoms with Crippen LogP contribution in [0.2, 0.25) is 0 Å². The molecule has 0 bridgehead atoms. The number of likely N-dealkylation sites (tertiary alicyclic amines) is 1. The van der Waals surface area contributed by atoms with E-state index < -0.39 is 0 Å². The molecule has 1 N–H and O–H groups in total. The Morgan fingerprint density at radius 2 is 1.67 bits per heavy atom. The van der Waals surface area contributed by atoms with E-state index in [1.165, 1.54) is 5.56 Å². The Morgan fingerprint density at radius 3 is 2.51 bits per heavy atom. The molecule has 7 heteroatoms. The van der Waals surface area contributed by atoms with Crippen molar-refractivity contribution in [2.75, 3.05) is 38.1 Å². The fraction of sp³-hybridized carbons (Fsp3) is 0.406. The van der Waals surface area contributed by atoms with Gasteiger partial charge in [-0.2, -0.15) is 0 Å². The number of anilines is 2. The van der Waals surface area contributed by atoms with E-state index in [-0.39, 0.29) is 18.4 Å². The van der Waals surface area contributed by atoms with Crippen LogP contribution in [0.15, 0.2) is 72.9 Å². The summed E-state index contributed by atoms with van der Waals surface area (Å²) in [5.74, 6) is 1.65. The zero-order valence-electron chi connectivity index (χ0n) is 22.6. The largest absolute Gasteiger partial charge is 0.491 e. The Hall–Kier alpha value is -3.87. The molecule has 0 aliphatic carbocycles. The topological polar surface area (TPSA) is 74.8 Å². The van der Waals surface area contributed by atoms with E-state index in [0.717, 1.165) is 69.5 Å². The molecule has 1 fully saturated rings. The molecule has 2 amide bonds. The number of aromatic nitrogens is 1. The van der Waals surface area contributed by atoms with E-state index in [0.29, 0.717) is 30.5 Å². The van der Waals surface area contributed by atoms with Crippen LogP contribution in [0, 0.1) is 5.92 Å². The molecule has 0 saturated carbocycles. The fourth-order valence-corrected chi connectivity index (χ4v) is 5.46. The third-order valence-electron chi connectivity index (χ3n) is 7.71. The predicted molar refractivity (Wildman–Crippen MR) is 153 cm³/mol. The second-order valence-electron chi connectivity index (χ2n) is 10.5. The molecule has 7 nitrogen and oxygen atoms in total. The number of para-hydroxylation sites is 2. The van der Waals surface area contributed by atoms with Gasteiger partial charge in [0.25, 0.3) is 5.91 Å². The summed E-state index contributed by atoms with van der Waals surface area (Å²) in [6.45, 7) is 2.76. The summed E-state index contributed by atoms with van der Waals surface area (Å²) in [4.78, 5) is 35.4. The first-order chi connectivity index (χ1) is 19.2. The highest BCUT2D eigenvalue weighted by atomic mass is 16.5. The molecule has 2 aliphatic heterocycles. The number of hydrogen-bond acceptors (Lipinski definition) is 5. The number of rotatable bonds is 4. The molecule has 0 spiro atoms. The van der Waals surface area contributed by atoms with E-state index in [2.05, 4.69) is 34.6 Å². The van der Waals surface area contributed by atoms with Crippen LogP contribution < -0.4 is 10.1 Å². The minimum absolute atomic E-state index is 0.0276. The zero-order valence-corrected chi connectivity index (χ0v) is 22.6. The van der Waals surface area contributed by atoms with Crippen molar-refractivity contribution in [2.24, 2.45) is 5.92 Å². The normalized spacial score (nSPS) is 17.3. The Labute approximate surface area is 231 Å². The lowest BCUT2D eigenvalue weighted by molar-refractivity contribution is -0.133. The number of nitrogens with zero attached hydrogens (tertiary/aromatic N) is 3. The molecule has 2 aliphatic rings. The highest BCUT2D eigenvalue weighted by Crippen LogP contribution is 2.29. The van der Waals surface area contributed by atoms with Gasteiger partial charge in [0.15, 0.2) is 0 Å². The van der Waals surface area contributed by atoms with Crippen molar-refractivity contribution in [2.45, 2.75) is 44.9 Å². The van der Waals surface area contributed by atoms with Crippen LogP contribution in [0.4, 0.5) is 11.5 Å². The van der Waals surface area contributed by atoms with Gasteiger partial charge in [-0.15, -0.1) is 0 Å². The number of benzene rings is 2. The van der Waals surface area contributed by atoms with Crippen LogP contribution in [0.5, 0.6) is 5.75 Å². The molecule has 3 aromatic rings. The van der Waals surface area contributed by atoms with E-state index in [1.807, 2.05) is 35.2 Å². The summed E-state index contributed by atoms with van der Waals surface area (Å²) < 4.78 is 6.02. The van der Waals surface area contributed by atoms with E-state index in [1.54, 1.807) is 23.2 Å². The highest BCUT2D eigenvalue weighted by molar-refractivity contribution is 6.01. The quantitative estimate of drug-likeness (QED) is 0.472. The first kappa shape index (κ1) is 26.7. The molecule has 1 aromatic heterocycles. The van der Waals surface area contributed by atoms with Crippen LogP contribution >= 0.6 is 0 Å². The Morgan fingerprint density at radius 1 is 0.897 bits per heavy atom. The average Bonchev–Trinajstić information content (AvgIpc) is 2.97. The van der Waals surface area contributed by atoms with Crippen LogP contribution in [-0.4, -0.2) is 59.4 Å². The second kappa shape index (κ2) is 13.3. The molecular weight excluding hydrogens is 488 g/mol. The second-order valence-corrected chi connectivity index (χ2v) is 10.5. The Kier molecular flexibility index (Phi) is 9.09. The number of pyridine rings is 1. The van der Waals surface area contributed by atoms with Crippen LogP contribution in [-0.2, 0) is 11.2 Å². The van der Waals surface area contributed by atoms with Crippen LogP contribution in [0.3, 0.4) is 0 Å². The first-order valence-electron chi connectivity index (χ1n) is 14.2. The molecule has 204 valence electrons. The average molecular weight is 527 g/mol. The number of carbonyl (C=O) groups excluding carboxylic acids is 2. The SMILES string of the molecule is O=C(CN1CCCCCCOc2ccccc2Nc2ncccc2C1=O)N1CCC(Cc2ccccc2)CC1. The monoisotopic (exact) mass is 526 g/mol. The summed E-state index contributed by atoms with van der Waals surface area (Å²) in [6, 6.07) is 21.8. The van der Waals surface area contributed by atoms with E-state index >= 15 is 0 Å². The Balaban J connectivity index is 1.28. The van der Waals surface area contributed by atoms with Gasteiger partial charge in [0, 0.05) is 25.8 Å². The number of amides is 2. The predicted octanol–water partition coefficient (Wildman–Crippen LogP) is 5.70. The molecule has 0 radical (unpaired) electrons. The molecule has 5 rings (SSSR count). The molecule has 0 atom stereocenters. The lowest BCUT2D eigenvalue weighted by atomic mass is 9.90. The fourth-order valence-electron chi connectivity index (χ4n) is 5.46. The van der Waals surface area contributed by atoms with Crippen molar-refractivity contribution >= 4 is 23.3 Å². The number of nitrogens with one attached hydrogen (secondary N) is 1. The minimum atomic E-state index is -0.173. The van der Waals surface area contributed by atoms with Gasteiger partial charge in [0.2, 0.25) is 5.91 Å². The van der Waals surface area contributed by atoms with Gasteiger partial charge in [-0.3, -0.25) is 9.59 Å². The maximum absolute atomic E-state index is 13.8. The van der Waals surface area contributed by atoms with Gasteiger partial charge in [-0.1, -0.05) is 55.3 Å². The van der Waals surface area contributed by atoms with Crippen molar-refractivity contribution in [1.82, 2.24) is 14.8 Å². The molecule has 0 unspecified atom stereocenters. The summed E-state index contributed by atoms with van der Waals surface area (Å²) in [5, 5.41) is 3.31. The molecule has 3 heterocycles. The van der Waals surface area contributed by atoms with Crippen molar-refractivity contribution in [3.8, 4) is 5.75 Å². The third kappa shape index (κ3) is 7.16. The highest BCUT2D eigenvalue weighted by Gasteiger charge is 2.27. The Bertz CT molecular complexity index is 1240. The van der Waals surface area contributed by atoms with Crippen molar-refractivity contribution in [3.63, 3.8) is 0 Å². The van der Waals surface area contributed by atoms with Gasteiger partial charge in [-0.05, 0) is 67.9 Å². The molecule has 2 aromatic carbocycles. The zero-order chi connectivity index (χ0) is 26.9. The minimum Gasteiger partial charge on any atom is -0.491 e. The number of fused-ring (bicyclic) bond motifs is 2. The van der Waals surface area contributed by atoms with Gasteiger partial charge in [0.05, 0.1) is 17.9 Å². The van der Waals surface area contributed by atoms with Gasteiger partial charge < -0.3 is 19.9 Å². The van der Waals surface area contributed by atoms with Gasteiger partial charge >= 0.3 is 0 Å². The number of hydrogen-bond donors (Lipinski definition) is 1. The maximum atomic E-state index is 13.8. The number of carbonyl (C=O) groups is 2. The van der Waals surface area contributed by atoms with Gasteiger partial charge in [-0.25, -0.2) is 4.98 Å². The van der Waals surface area contributed by atoms with Crippen LogP contribution in [0.1, 0.15) is 54.4 Å². The van der Waals surface area contributed by atoms with Crippen molar-refractivity contribution < 1.29 is 14.3 Å². The summed E-state index contributed by atoms with van der Waals surface area (Å²) >= 11 is 0. The lowest BCUT2D eigenvalue weighted by Gasteiger charge is -2.34. The smallest absolute Gasteiger partial charge is 0.258 e.